The summed E-state index contributed by atoms with van der Waals surface area (Å²) in [5, 5.41) is 20.2. The Kier molecular flexibility index (Phi) is 19.0. The zero-order valence-corrected chi connectivity index (χ0v) is 52.8. The van der Waals surface area contributed by atoms with Gasteiger partial charge < -0.3 is 38.2 Å². The third-order valence-corrected chi connectivity index (χ3v) is 21.0. The molecule has 4 bridgehead atoms. The van der Waals surface area contributed by atoms with Crippen LogP contribution in [0.2, 0.25) is 20.1 Å². The largest absolute Gasteiger partial charge is 0.463 e. The maximum Gasteiger partial charge on any atom is 0.302 e. The van der Waals surface area contributed by atoms with E-state index in [9.17, 15) is 36.3 Å². The zero-order chi connectivity index (χ0) is 61.5. The smallest absolute Gasteiger partial charge is 0.302 e. The molecule has 4 aromatic carbocycles. The van der Waals surface area contributed by atoms with Crippen molar-refractivity contribution >= 4 is 95.6 Å². The maximum absolute atomic E-state index is 12.6. The first-order chi connectivity index (χ1) is 41.6. The summed E-state index contributed by atoms with van der Waals surface area (Å²) in [6, 6.07) is 25.3. The highest BCUT2D eigenvalue weighted by molar-refractivity contribution is 7.90. The number of ether oxygens (including phenoxy) is 3. The number of aliphatic hydroxyl groups excluding tert-OH is 1. The molecular weight excluding hydrogens is 1240 g/mol. The van der Waals surface area contributed by atoms with E-state index in [-0.39, 0.29) is 47.7 Å². The summed E-state index contributed by atoms with van der Waals surface area (Å²) in [6.45, 7) is 6.77. The number of carbonyl (C=O) groups excluding carboxylic acids is 3. The van der Waals surface area contributed by atoms with Crippen LogP contribution in [-0.2, 0) is 52.3 Å². The summed E-state index contributed by atoms with van der Waals surface area (Å²) < 4.78 is 82.8. The van der Waals surface area contributed by atoms with Crippen molar-refractivity contribution in [1.82, 2.24) is 19.8 Å². The van der Waals surface area contributed by atoms with Gasteiger partial charge in [0.05, 0.1) is 63.1 Å². The Morgan fingerprint density at radius 2 is 1.00 bits per heavy atom. The number of amides is 2. The van der Waals surface area contributed by atoms with Gasteiger partial charge >= 0.3 is 5.97 Å². The predicted molar refractivity (Wildman–Crippen MR) is 330 cm³/mol. The second-order valence-corrected chi connectivity index (χ2v) is 29.0. The molecule has 8 atom stereocenters. The first kappa shape index (κ1) is 62.8. The van der Waals surface area contributed by atoms with E-state index in [1.807, 2.05) is 24.3 Å². The zero-order valence-electron chi connectivity index (χ0n) is 48.1. The van der Waals surface area contributed by atoms with Crippen LogP contribution in [0.5, 0.6) is 0 Å². The van der Waals surface area contributed by atoms with Gasteiger partial charge in [-0.05, 0) is 151 Å². The SMILES string of the molecule is CC(=O)OC(C)CCS(=O)(=O)NC(=O)c1ccc(N2C[C@@H]3C[C@H]2C[C@H]3OCc2c(-c3c(Cl)cccc3Cl)noc2C2CC2)cc1.CC(O)CCS(=O)(=O)NC(=O)c1ccc(N2C[C@@H]3C[C@H]2C[C@H]3OCc2c(-c3c(Cl)cccc3Cl)noc2C2CC2)cc1. The minimum absolute atomic E-state index is 0.0569. The lowest BCUT2D eigenvalue weighted by Gasteiger charge is -2.33. The van der Waals surface area contributed by atoms with Crippen LogP contribution < -0.4 is 19.2 Å². The third kappa shape index (κ3) is 14.8. The van der Waals surface area contributed by atoms with Gasteiger partial charge in [-0.3, -0.25) is 14.4 Å². The summed E-state index contributed by atoms with van der Waals surface area (Å²) in [6.07, 6.45) is 7.01. The molecule has 0 spiro atoms. The molecule has 19 nitrogen and oxygen atoms in total. The Bertz CT molecular complexity index is 3710. The molecule has 25 heteroatoms. The molecule has 4 aliphatic carbocycles. The van der Waals surface area contributed by atoms with Crippen LogP contribution in [0.15, 0.2) is 94.0 Å². The number of hydrogen-bond acceptors (Lipinski definition) is 17. The van der Waals surface area contributed by atoms with Gasteiger partial charge in [-0.2, -0.15) is 0 Å². The van der Waals surface area contributed by atoms with Gasteiger partial charge in [0.1, 0.15) is 29.0 Å². The summed E-state index contributed by atoms with van der Waals surface area (Å²) in [7, 11) is -7.70. The van der Waals surface area contributed by atoms with E-state index in [0.29, 0.717) is 91.6 Å². The number of nitrogens with zero attached hydrogens (tertiary/aromatic N) is 4. The van der Waals surface area contributed by atoms with Crippen molar-refractivity contribution in [3.05, 3.63) is 139 Å². The molecule has 12 rings (SSSR count). The Balaban J connectivity index is 0.000000181. The van der Waals surface area contributed by atoms with Crippen molar-refractivity contribution in [3.8, 4) is 22.5 Å². The molecule has 2 amide bonds. The van der Waals surface area contributed by atoms with Gasteiger partial charge in [0.2, 0.25) is 20.0 Å². The van der Waals surface area contributed by atoms with Crippen LogP contribution >= 0.6 is 46.4 Å². The molecule has 87 heavy (non-hydrogen) atoms. The number of anilines is 2. The van der Waals surface area contributed by atoms with Gasteiger partial charge in [0, 0.05) is 101 Å². The van der Waals surface area contributed by atoms with Gasteiger partial charge in [-0.15, -0.1) is 0 Å². The van der Waals surface area contributed by atoms with E-state index in [4.69, 9.17) is 69.7 Å². The fourth-order valence-electron chi connectivity index (χ4n) is 12.4. The fourth-order valence-corrected chi connectivity index (χ4v) is 15.9. The topological polar surface area (TPSA) is 250 Å². The number of benzene rings is 4. The number of piperidine rings is 2. The van der Waals surface area contributed by atoms with Crippen molar-refractivity contribution in [3.63, 3.8) is 0 Å². The molecule has 2 saturated heterocycles. The standard InChI is InChI=1S/C32H35Cl2N3O7S.C30H33Cl2N3O6S/c1-18(43-19(2)38)12-13-45(40,41)36-32(39)21-8-10-23(11-9-21)37-16-22-14-24(37)15-28(22)42-17-25-30(35-44-31(25)20-6-7-20)29-26(33)4-3-5-27(29)34;1-17(36)11-12-42(38,39)34-30(37)19-7-9-21(10-8-19)35-15-20-13-22(35)14-26(20)40-16-23-28(33-41-29(23)18-5-6-18)27-24(31)3-2-4-25(27)32/h3-5,8-11,18,20,22,24,28H,6-7,12-17H2,1-2H3,(H,36,39);2-4,7-10,17-18,20,22,26,36H,5-6,11-16H2,1H3,(H,34,37)/t18?,22-,24-,28+;17?,20-,22-,26+/m00/s1. The normalized spacial score (nSPS) is 22.0. The van der Waals surface area contributed by atoms with E-state index in [2.05, 4.69) is 29.6 Å². The minimum atomic E-state index is -3.89. The lowest BCUT2D eigenvalue weighted by Crippen LogP contribution is -2.38. The van der Waals surface area contributed by atoms with E-state index in [0.717, 1.165) is 98.5 Å². The van der Waals surface area contributed by atoms with E-state index < -0.39 is 50.0 Å². The van der Waals surface area contributed by atoms with Crippen LogP contribution in [-0.4, -0.2) is 111 Å². The monoisotopic (exact) mass is 1310 g/mol. The number of aromatic nitrogens is 2. The lowest BCUT2D eigenvalue weighted by molar-refractivity contribution is -0.145. The van der Waals surface area contributed by atoms with Crippen LogP contribution in [0.3, 0.4) is 0 Å². The van der Waals surface area contributed by atoms with Gasteiger partial charge in [-0.25, -0.2) is 26.3 Å². The molecule has 6 aliphatic rings. The van der Waals surface area contributed by atoms with E-state index in [1.165, 1.54) is 13.8 Å². The Labute approximate surface area is 525 Å². The number of sulfonamides is 2. The molecule has 6 aromatic rings. The number of rotatable bonds is 23. The highest BCUT2D eigenvalue weighted by Gasteiger charge is 2.47. The van der Waals surface area contributed by atoms with Gasteiger partial charge in [-0.1, -0.05) is 68.8 Å². The van der Waals surface area contributed by atoms with Gasteiger partial charge in [0.25, 0.3) is 11.8 Å². The Morgan fingerprint density at radius 1 is 0.609 bits per heavy atom. The lowest BCUT2D eigenvalue weighted by atomic mass is 10.0. The predicted octanol–water partition coefficient (Wildman–Crippen LogP) is 11.7. The number of fused-ring (bicyclic) bond motifs is 4. The second kappa shape index (κ2) is 26.4. The number of esters is 1. The highest BCUT2D eigenvalue weighted by atomic mass is 35.5. The molecule has 0 radical (unpaired) electrons. The first-order valence-corrected chi connectivity index (χ1v) is 34.2. The Morgan fingerprint density at radius 3 is 1.34 bits per heavy atom. The third-order valence-electron chi connectivity index (χ3n) is 17.2. The molecule has 6 fully saturated rings. The average Bonchev–Trinajstić information content (AvgIpc) is 2.04. The second-order valence-electron chi connectivity index (χ2n) is 23.7. The van der Waals surface area contributed by atoms with Crippen molar-refractivity contribution in [2.75, 3.05) is 34.4 Å². The van der Waals surface area contributed by atoms with Gasteiger partial charge in [0.15, 0.2) is 0 Å². The van der Waals surface area contributed by atoms with Crippen molar-refractivity contribution < 1.29 is 59.6 Å². The molecular formula is C62H68Cl4N6O13S2. The van der Waals surface area contributed by atoms with Crippen LogP contribution in [0.4, 0.5) is 11.4 Å². The van der Waals surface area contributed by atoms with Crippen LogP contribution in [0.1, 0.15) is 140 Å². The molecule has 464 valence electrons. The summed E-state index contributed by atoms with van der Waals surface area (Å²) >= 11 is 26.0. The summed E-state index contributed by atoms with van der Waals surface area (Å²) in [5.41, 5.74) is 6.94. The highest BCUT2D eigenvalue weighted by Crippen LogP contribution is 2.50. The number of carbonyl (C=O) groups is 3. The quantitative estimate of drug-likeness (QED) is 0.0504. The molecule has 3 N–H and O–H groups in total. The van der Waals surface area contributed by atoms with Crippen LogP contribution in [0, 0.1) is 11.8 Å². The number of aliphatic hydroxyl groups is 1. The summed E-state index contributed by atoms with van der Waals surface area (Å²) in [5.74, 6) is 0.616. The van der Waals surface area contributed by atoms with Crippen LogP contribution in [0.25, 0.3) is 22.5 Å². The van der Waals surface area contributed by atoms with Crippen molar-refractivity contribution in [2.45, 2.75) is 147 Å². The molecule has 2 aromatic heterocycles. The maximum atomic E-state index is 12.6. The van der Waals surface area contributed by atoms with Crippen molar-refractivity contribution in [2.24, 2.45) is 11.8 Å². The van der Waals surface area contributed by atoms with E-state index in [1.54, 1.807) is 67.6 Å². The minimum Gasteiger partial charge on any atom is -0.463 e. The van der Waals surface area contributed by atoms with E-state index >= 15 is 0 Å². The first-order valence-electron chi connectivity index (χ1n) is 29.4. The number of halogens is 4. The molecule has 2 aliphatic heterocycles. The number of hydrogen-bond donors (Lipinski definition) is 3. The Hall–Kier alpha value is -5.75. The fraction of sp³-hybridized carbons (Fsp3) is 0.468. The van der Waals surface area contributed by atoms with Crippen molar-refractivity contribution in [1.29, 1.82) is 0 Å². The average molecular weight is 1310 g/mol. The molecule has 4 heterocycles. The molecule has 2 unspecified atom stereocenters. The number of nitrogens with one attached hydrogen (secondary N) is 2. The summed E-state index contributed by atoms with van der Waals surface area (Å²) in [4.78, 5) is 40.8. The molecule has 4 saturated carbocycles.